The van der Waals surface area contributed by atoms with Crippen LogP contribution in [0.5, 0.6) is 0 Å². The van der Waals surface area contributed by atoms with Crippen LogP contribution in [-0.2, 0) is 4.79 Å². The number of carbonyl (C=O) groups is 1. The third-order valence-corrected chi connectivity index (χ3v) is 8.35. The summed E-state index contributed by atoms with van der Waals surface area (Å²) in [6.07, 6.45) is 10.1. The van der Waals surface area contributed by atoms with E-state index < -0.39 is 0 Å². The van der Waals surface area contributed by atoms with Gasteiger partial charge in [-0.2, -0.15) is 0 Å². The van der Waals surface area contributed by atoms with Crippen molar-refractivity contribution >= 4 is 5.78 Å². The minimum atomic E-state index is -0.0541. The second-order valence-electron chi connectivity index (χ2n) is 9.00. The van der Waals surface area contributed by atoms with E-state index in [1.165, 1.54) is 25.7 Å². The maximum atomic E-state index is 12.4. The number of rotatable bonds is 0. The van der Waals surface area contributed by atoms with Crippen molar-refractivity contribution in [2.45, 2.75) is 77.7 Å². The van der Waals surface area contributed by atoms with E-state index in [4.69, 9.17) is 0 Å². The van der Waals surface area contributed by atoms with E-state index in [2.05, 4.69) is 13.8 Å². The molecule has 4 aliphatic carbocycles. The van der Waals surface area contributed by atoms with Crippen LogP contribution in [0.3, 0.4) is 0 Å². The highest BCUT2D eigenvalue weighted by molar-refractivity contribution is 5.87. The normalized spacial score (nSPS) is 56.5. The summed E-state index contributed by atoms with van der Waals surface area (Å²) < 4.78 is 0. The van der Waals surface area contributed by atoms with Crippen molar-refractivity contribution in [3.8, 4) is 0 Å². The van der Waals surface area contributed by atoms with Gasteiger partial charge in [-0.1, -0.05) is 13.8 Å². The first-order valence-corrected chi connectivity index (χ1v) is 9.16. The van der Waals surface area contributed by atoms with Gasteiger partial charge < -0.3 is 5.11 Å². The Labute approximate surface area is 128 Å². The van der Waals surface area contributed by atoms with E-state index in [1.54, 1.807) is 0 Å². The van der Waals surface area contributed by atoms with Gasteiger partial charge in [0.25, 0.3) is 0 Å². The van der Waals surface area contributed by atoms with Crippen LogP contribution in [0.4, 0.5) is 0 Å². The molecular weight excluding hydrogens is 260 g/mol. The number of fused-ring (bicyclic) bond motifs is 5. The SMILES string of the molecule is C[C@]12CC[C@@H](O)C[C@@H]1CC[C@H]1[C@H]2CC[C@@]2(C)C(=O)CC[C@H]12. The minimum Gasteiger partial charge on any atom is -0.393 e. The van der Waals surface area contributed by atoms with Crippen LogP contribution in [0, 0.1) is 34.5 Å². The van der Waals surface area contributed by atoms with Crippen LogP contribution in [0.2, 0.25) is 0 Å². The van der Waals surface area contributed by atoms with E-state index in [1.807, 2.05) is 0 Å². The van der Waals surface area contributed by atoms with E-state index in [0.29, 0.717) is 17.1 Å². The van der Waals surface area contributed by atoms with Crippen LogP contribution >= 0.6 is 0 Å². The first kappa shape index (κ1) is 14.2. The Morgan fingerprint density at radius 3 is 2.62 bits per heavy atom. The number of aliphatic hydroxyl groups excluding tert-OH is 1. The smallest absolute Gasteiger partial charge is 0.139 e. The molecule has 0 amide bonds. The molecular formula is C19H30O2. The highest BCUT2D eigenvalue weighted by Crippen LogP contribution is 2.65. The number of carbonyl (C=O) groups excluding carboxylic acids is 1. The predicted molar refractivity (Wildman–Crippen MR) is 82.7 cm³/mol. The van der Waals surface area contributed by atoms with Gasteiger partial charge in [-0.15, -0.1) is 0 Å². The number of ketones is 1. The molecule has 4 saturated carbocycles. The number of aliphatic hydroxyl groups is 1. The van der Waals surface area contributed by atoms with Gasteiger partial charge in [-0.05, 0) is 80.5 Å². The average molecular weight is 290 g/mol. The minimum absolute atomic E-state index is 0.0124. The summed E-state index contributed by atoms with van der Waals surface area (Å²) in [5, 5.41) is 10.0. The van der Waals surface area contributed by atoms with Gasteiger partial charge in [-0.25, -0.2) is 0 Å². The van der Waals surface area contributed by atoms with Gasteiger partial charge in [-0.3, -0.25) is 4.79 Å². The molecule has 2 heteroatoms. The molecule has 7 atom stereocenters. The molecule has 0 aromatic heterocycles. The van der Waals surface area contributed by atoms with Gasteiger partial charge >= 0.3 is 0 Å². The molecule has 2 nitrogen and oxygen atoms in total. The zero-order valence-corrected chi connectivity index (χ0v) is 13.6. The first-order chi connectivity index (χ1) is 9.95. The monoisotopic (exact) mass is 290 g/mol. The molecule has 0 bridgehead atoms. The molecule has 0 aromatic rings. The Morgan fingerprint density at radius 1 is 1.00 bits per heavy atom. The molecule has 0 aromatic carbocycles. The molecule has 4 fully saturated rings. The van der Waals surface area contributed by atoms with Crippen molar-refractivity contribution < 1.29 is 9.90 Å². The van der Waals surface area contributed by atoms with Gasteiger partial charge in [0.15, 0.2) is 0 Å². The van der Waals surface area contributed by atoms with Crippen molar-refractivity contribution in [1.29, 1.82) is 0 Å². The number of hydrogen-bond donors (Lipinski definition) is 1. The lowest BCUT2D eigenvalue weighted by molar-refractivity contribution is -0.142. The fraction of sp³-hybridized carbons (Fsp3) is 0.947. The van der Waals surface area contributed by atoms with Gasteiger partial charge in [0, 0.05) is 11.8 Å². The zero-order valence-electron chi connectivity index (χ0n) is 13.6. The summed E-state index contributed by atoms with van der Waals surface area (Å²) >= 11 is 0. The molecule has 21 heavy (non-hydrogen) atoms. The summed E-state index contributed by atoms with van der Waals surface area (Å²) in [7, 11) is 0. The fourth-order valence-corrected chi connectivity index (χ4v) is 7.01. The summed E-state index contributed by atoms with van der Waals surface area (Å²) in [6.45, 7) is 4.78. The molecule has 0 radical (unpaired) electrons. The van der Waals surface area contributed by atoms with E-state index in [9.17, 15) is 9.90 Å². The molecule has 0 spiro atoms. The Balaban J connectivity index is 1.64. The highest BCUT2D eigenvalue weighted by atomic mass is 16.3. The zero-order chi connectivity index (χ0) is 14.8. The van der Waals surface area contributed by atoms with Crippen molar-refractivity contribution in [2.75, 3.05) is 0 Å². The van der Waals surface area contributed by atoms with E-state index in [-0.39, 0.29) is 11.5 Å². The number of hydrogen-bond acceptors (Lipinski definition) is 2. The maximum Gasteiger partial charge on any atom is 0.139 e. The molecule has 4 aliphatic rings. The van der Waals surface area contributed by atoms with Crippen molar-refractivity contribution in [3.63, 3.8) is 0 Å². The van der Waals surface area contributed by atoms with E-state index in [0.717, 1.165) is 49.9 Å². The van der Waals surface area contributed by atoms with Gasteiger partial charge in [0.05, 0.1) is 6.10 Å². The van der Waals surface area contributed by atoms with Gasteiger partial charge in [0.1, 0.15) is 5.78 Å². The summed E-state index contributed by atoms with van der Waals surface area (Å²) in [5.41, 5.74) is 0.452. The standard InChI is InChI=1S/C19H30O2/c1-18-9-7-13(20)11-12(18)3-4-14-15-5-6-17(21)19(15,2)10-8-16(14)18/h12-16,20H,3-11H2,1-2H3/t12-,13+,14+,15+,16+,18-,19+/m0/s1. The van der Waals surface area contributed by atoms with E-state index >= 15 is 0 Å². The Hall–Kier alpha value is -0.370. The quantitative estimate of drug-likeness (QED) is 0.733. The molecule has 0 aliphatic heterocycles. The lowest BCUT2D eigenvalue weighted by Crippen LogP contribution is -2.54. The Morgan fingerprint density at radius 2 is 1.81 bits per heavy atom. The third-order valence-electron chi connectivity index (χ3n) is 8.35. The largest absolute Gasteiger partial charge is 0.393 e. The van der Waals surface area contributed by atoms with Crippen LogP contribution < -0.4 is 0 Å². The third kappa shape index (κ3) is 1.84. The Kier molecular flexibility index (Phi) is 3.10. The van der Waals surface area contributed by atoms with Crippen molar-refractivity contribution in [1.82, 2.24) is 0 Å². The van der Waals surface area contributed by atoms with Crippen LogP contribution in [0.25, 0.3) is 0 Å². The summed E-state index contributed by atoms with van der Waals surface area (Å²) in [5.74, 6) is 3.54. The molecule has 118 valence electrons. The predicted octanol–water partition coefficient (Wildman–Crippen LogP) is 3.96. The molecule has 0 unspecified atom stereocenters. The topological polar surface area (TPSA) is 37.3 Å². The van der Waals surface area contributed by atoms with Crippen molar-refractivity contribution in [2.24, 2.45) is 34.5 Å². The second kappa shape index (κ2) is 4.57. The molecule has 4 rings (SSSR count). The highest BCUT2D eigenvalue weighted by Gasteiger charge is 2.60. The average Bonchev–Trinajstić information content (AvgIpc) is 2.76. The van der Waals surface area contributed by atoms with Gasteiger partial charge in [0.2, 0.25) is 0 Å². The van der Waals surface area contributed by atoms with Crippen LogP contribution in [0.1, 0.15) is 71.6 Å². The maximum absolute atomic E-state index is 12.4. The molecule has 1 N–H and O–H groups in total. The van der Waals surface area contributed by atoms with Crippen LogP contribution in [-0.4, -0.2) is 17.0 Å². The molecule has 0 saturated heterocycles. The second-order valence-corrected chi connectivity index (χ2v) is 9.00. The first-order valence-electron chi connectivity index (χ1n) is 9.16. The lowest BCUT2D eigenvalue weighted by Gasteiger charge is -2.60. The number of Topliss-reactive ketones (excluding diaryl/α,β-unsaturated/α-hetero) is 1. The summed E-state index contributed by atoms with van der Waals surface area (Å²) in [4.78, 5) is 12.4. The van der Waals surface area contributed by atoms with Crippen LogP contribution in [0.15, 0.2) is 0 Å². The lowest BCUT2D eigenvalue weighted by atomic mass is 9.45. The summed E-state index contributed by atoms with van der Waals surface area (Å²) in [6, 6.07) is 0. The van der Waals surface area contributed by atoms with Crippen molar-refractivity contribution in [3.05, 3.63) is 0 Å². The fourth-order valence-electron chi connectivity index (χ4n) is 7.01. The Bertz CT molecular complexity index is 458. The molecule has 0 heterocycles.